The molecule has 0 spiro atoms. The minimum absolute atomic E-state index is 0.540. The summed E-state index contributed by atoms with van der Waals surface area (Å²) in [5.74, 6) is 3.12. The van der Waals surface area contributed by atoms with Gasteiger partial charge in [-0.25, -0.2) is 0 Å². The number of benzene rings is 1. The van der Waals surface area contributed by atoms with Crippen molar-refractivity contribution in [1.29, 1.82) is 0 Å². The van der Waals surface area contributed by atoms with Gasteiger partial charge in [0.15, 0.2) is 0 Å². The average Bonchev–Trinajstić information content (AvgIpc) is 2.97. The Balaban J connectivity index is 1.41. The van der Waals surface area contributed by atoms with Crippen molar-refractivity contribution in [3.8, 4) is 0 Å². The van der Waals surface area contributed by atoms with Crippen LogP contribution < -0.4 is 5.32 Å². The molecule has 1 atom stereocenters. The number of aryl methyl sites for hydroxylation is 1. The molecular weight excluding hydrogens is 316 g/mol. The van der Waals surface area contributed by atoms with E-state index in [1.165, 1.54) is 51.6 Å². The molecule has 2 aromatic rings. The van der Waals surface area contributed by atoms with Crippen molar-refractivity contribution in [2.45, 2.75) is 75.8 Å². The summed E-state index contributed by atoms with van der Waals surface area (Å²) in [4.78, 5) is 0. The maximum atomic E-state index is 2.69. The Morgan fingerprint density at radius 3 is 2.54 bits per heavy atom. The second kappa shape index (κ2) is 4.95. The van der Waals surface area contributed by atoms with Crippen molar-refractivity contribution >= 4 is 10.9 Å². The van der Waals surface area contributed by atoms with Crippen LogP contribution in [0, 0.1) is 17.8 Å². The van der Waals surface area contributed by atoms with E-state index in [4.69, 9.17) is 0 Å². The lowest BCUT2D eigenvalue weighted by atomic mass is 9.48. The summed E-state index contributed by atoms with van der Waals surface area (Å²) in [6, 6.07) is 8.50. The highest BCUT2D eigenvalue weighted by molar-refractivity contribution is 5.87. The predicted octanol–water partition coefficient (Wildman–Crippen LogP) is 4.06. The van der Waals surface area contributed by atoms with Crippen LogP contribution in [0.25, 0.3) is 10.9 Å². The third kappa shape index (κ3) is 1.82. The van der Waals surface area contributed by atoms with Gasteiger partial charge in [0.1, 0.15) is 6.04 Å². The molecule has 136 valence electrons. The molecule has 2 heterocycles. The molecule has 2 nitrogen and oxygen atoms in total. The topological polar surface area (TPSA) is 21.5 Å². The van der Waals surface area contributed by atoms with Crippen molar-refractivity contribution in [3.05, 3.63) is 35.0 Å². The first kappa shape index (κ1) is 14.7. The molecule has 0 saturated heterocycles. The van der Waals surface area contributed by atoms with E-state index in [0.717, 1.165) is 23.8 Å². The lowest BCUT2D eigenvalue weighted by Gasteiger charge is -2.57. The molecule has 8 rings (SSSR count). The van der Waals surface area contributed by atoms with E-state index < -0.39 is 0 Å². The summed E-state index contributed by atoms with van der Waals surface area (Å²) in [6.07, 6.45) is 13.2. The van der Waals surface area contributed by atoms with Crippen molar-refractivity contribution in [2.24, 2.45) is 17.8 Å². The number of aromatic nitrogens is 1. The van der Waals surface area contributed by atoms with Crippen LogP contribution in [0.2, 0.25) is 0 Å². The van der Waals surface area contributed by atoms with Gasteiger partial charge in [-0.05, 0) is 97.8 Å². The summed E-state index contributed by atoms with van der Waals surface area (Å²) in [5, 5.41) is 4.24. The fourth-order valence-electron chi connectivity index (χ4n) is 8.44. The Hall–Kier alpha value is -1.28. The predicted molar refractivity (Wildman–Crippen MR) is 104 cm³/mol. The van der Waals surface area contributed by atoms with E-state index in [9.17, 15) is 0 Å². The van der Waals surface area contributed by atoms with Gasteiger partial charge in [0.05, 0.1) is 18.8 Å². The molecule has 4 fully saturated rings. The van der Waals surface area contributed by atoms with E-state index in [1.54, 1.807) is 47.0 Å². The van der Waals surface area contributed by atoms with Crippen LogP contribution in [0.1, 0.15) is 74.2 Å². The molecule has 2 heteroatoms. The van der Waals surface area contributed by atoms with E-state index in [2.05, 4.69) is 28.1 Å². The van der Waals surface area contributed by atoms with Crippen LogP contribution in [0.15, 0.2) is 18.2 Å². The van der Waals surface area contributed by atoms with Gasteiger partial charge in [0, 0.05) is 17.3 Å². The molecule has 1 unspecified atom stereocenters. The molecule has 4 saturated carbocycles. The molecule has 1 aromatic heterocycles. The summed E-state index contributed by atoms with van der Waals surface area (Å²) in [7, 11) is 0. The number of rotatable bonds is 1. The quantitative estimate of drug-likeness (QED) is 0.803. The van der Waals surface area contributed by atoms with Crippen molar-refractivity contribution < 1.29 is 5.32 Å². The Morgan fingerprint density at radius 1 is 1.00 bits per heavy atom. The lowest BCUT2D eigenvalue weighted by Crippen LogP contribution is -2.88. The molecule has 1 aromatic carbocycles. The van der Waals surface area contributed by atoms with E-state index >= 15 is 0 Å². The summed E-state index contributed by atoms with van der Waals surface area (Å²) in [5.41, 5.74) is 7.22. The van der Waals surface area contributed by atoms with Crippen molar-refractivity contribution in [3.63, 3.8) is 0 Å². The Bertz CT molecular complexity index is 867. The first-order valence-corrected chi connectivity index (χ1v) is 11.3. The lowest BCUT2D eigenvalue weighted by molar-refractivity contribution is -0.704. The van der Waals surface area contributed by atoms with Crippen molar-refractivity contribution in [1.82, 2.24) is 4.57 Å². The maximum Gasteiger partial charge on any atom is 0.127 e. The normalized spacial score (nSPS) is 40.2. The number of nitrogens with zero attached hydrogens (tertiary/aromatic N) is 1. The standard InChI is InChI=1S/C24H30N2/c1-2-19-20-11-18(24-12-15-8-16(13-24)10-17(9-15)14-24)4-5-22(20)26-7-6-25-21(3-1)23(19)26/h4-5,11,15-17,21,25H,1-3,6-10,12-14H2/p+1. The number of quaternary nitrogens is 1. The fraction of sp³-hybridized carbons (Fsp3) is 0.667. The summed E-state index contributed by atoms with van der Waals surface area (Å²) < 4.78 is 2.69. The molecular formula is C24H31N2+. The fourth-order valence-corrected chi connectivity index (χ4v) is 8.44. The number of hydrogen-bond donors (Lipinski definition) is 1. The second-order valence-electron chi connectivity index (χ2n) is 10.5. The van der Waals surface area contributed by atoms with Gasteiger partial charge < -0.3 is 9.88 Å². The highest BCUT2D eigenvalue weighted by Gasteiger charge is 2.51. The molecule has 1 aliphatic heterocycles. The third-order valence-corrected chi connectivity index (χ3v) is 8.96. The largest absolute Gasteiger partial charge is 0.337 e. The highest BCUT2D eigenvalue weighted by Crippen LogP contribution is 2.61. The molecule has 26 heavy (non-hydrogen) atoms. The molecule has 4 bridgehead atoms. The van der Waals surface area contributed by atoms with Gasteiger partial charge in [0.25, 0.3) is 0 Å². The van der Waals surface area contributed by atoms with Gasteiger partial charge in [-0.2, -0.15) is 0 Å². The minimum atomic E-state index is 0.540. The molecule has 2 N–H and O–H groups in total. The zero-order valence-corrected chi connectivity index (χ0v) is 15.8. The van der Waals surface area contributed by atoms with Gasteiger partial charge >= 0.3 is 0 Å². The number of nitrogens with two attached hydrogens (primary N) is 1. The molecule has 0 radical (unpaired) electrons. The molecule has 5 aliphatic carbocycles. The van der Waals surface area contributed by atoms with Crippen LogP contribution >= 0.6 is 0 Å². The minimum Gasteiger partial charge on any atom is -0.337 e. The average molecular weight is 348 g/mol. The highest BCUT2D eigenvalue weighted by atomic mass is 15.1. The Kier molecular flexibility index (Phi) is 2.81. The Morgan fingerprint density at radius 2 is 1.77 bits per heavy atom. The smallest absolute Gasteiger partial charge is 0.127 e. The van der Waals surface area contributed by atoms with Gasteiger partial charge in [-0.15, -0.1) is 0 Å². The van der Waals surface area contributed by atoms with Crippen LogP contribution in [0.4, 0.5) is 0 Å². The molecule has 6 aliphatic rings. The Labute approximate surface area is 156 Å². The third-order valence-electron chi connectivity index (χ3n) is 8.96. The van der Waals surface area contributed by atoms with Gasteiger partial charge in [-0.1, -0.05) is 6.07 Å². The van der Waals surface area contributed by atoms with Crippen molar-refractivity contribution in [2.75, 3.05) is 6.54 Å². The van der Waals surface area contributed by atoms with Crippen LogP contribution in [-0.2, 0) is 18.4 Å². The van der Waals surface area contributed by atoms with Gasteiger partial charge in [-0.3, -0.25) is 0 Å². The van der Waals surface area contributed by atoms with Crippen LogP contribution in [0.5, 0.6) is 0 Å². The number of hydrogen-bond acceptors (Lipinski definition) is 0. The second-order valence-corrected chi connectivity index (χ2v) is 10.5. The molecule has 0 amide bonds. The van der Waals surface area contributed by atoms with Crippen LogP contribution in [0.3, 0.4) is 0 Å². The summed E-state index contributed by atoms with van der Waals surface area (Å²) >= 11 is 0. The van der Waals surface area contributed by atoms with Crippen LogP contribution in [-0.4, -0.2) is 11.1 Å². The monoisotopic (exact) mass is 347 g/mol. The van der Waals surface area contributed by atoms with E-state index in [-0.39, 0.29) is 0 Å². The number of fused-ring (bicyclic) bond motifs is 3. The zero-order valence-electron chi connectivity index (χ0n) is 15.8. The van der Waals surface area contributed by atoms with E-state index in [0.29, 0.717) is 5.41 Å². The first-order chi connectivity index (χ1) is 12.8. The maximum absolute atomic E-state index is 2.69. The summed E-state index contributed by atoms with van der Waals surface area (Å²) in [6.45, 7) is 2.47. The first-order valence-electron chi connectivity index (χ1n) is 11.3. The SMILES string of the molecule is c1cc2c(cc1C13CC4CC(CC(C4)C1)C3)c1c3n2CC[NH2+]C3CCC1. The van der Waals surface area contributed by atoms with Gasteiger partial charge in [0.2, 0.25) is 0 Å². The zero-order chi connectivity index (χ0) is 16.9. The van der Waals surface area contributed by atoms with E-state index in [1.807, 2.05) is 0 Å².